The molecule has 0 spiro atoms. The third kappa shape index (κ3) is 5.69. The van der Waals surface area contributed by atoms with Crippen LogP contribution in [0.1, 0.15) is 37.9 Å². The summed E-state index contributed by atoms with van der Waals surface area (Å²) in [5, 5.41) is 2.93. The second-order valence-corrected chi connectivity index (χ2v) is 6.47. The highest BCUT2D eigenvalue weighted by molar-refractivity contribution is 5.78. The number of carbonyl (C=O) groups excluding carboxylic acids is 1. The van der Waals surface area contributed by atoms with E-state index in [9.17, 15) is 4.79 Å². The van der Waals surface area contributed by atoms with E-state index in [1.165, 1.54) is 0 Å². The van der Waals surface area contributed by atoms with E-state index in [1.807, 2.05) is 70.2 Å². The molecule has 0 saturated heterocycles. The SMILES string of the molecule is COc1cc(C(C)NC(=O)COc2ccc(C)cc2)ccc1OC(C)C. The van der Waals surface area contributed by atoms with Gasteiger partial charge in [0.05, 0.1) is 19.3 Å². The molecule has 2 aromatic carbocycles. The number of methoxy groups -OCH3 is 1. The van der Waals surface area contributed by atoms with E-state index in [2.05, 4.69) is 5.32 Å². The average molecular weight is 357 g/mol. The number of amides is 1. The summed E-state index contributed by atoms with van der Waals surface area (Å²) in [6, 6.07) is 13.1. The molecule has 0 aliphatic heterocycles. The molecule has 0 aliphatic carbocycles. The first-order chi connectivity index (χ1) is 12.4. The molecule has 1 N–H and O–H groups in total. The lowest BCUT2D eigenvalue weighted by Gasteiger charge is -2.18. The van der Waals surface area contributed by atoms with Crippen LogP contribution in [0.2, 0.25) is 0 Å². The van der Waals surface area contributed by atoms with Gasteiger partial charge in [-0.25, -0.2) is 0 Å². The maximum absolute atomic E-state index is 12.1. The number of nitrogens with one attached hydrogen (secondary N) is 1. The maximum Gasteiger partial charge on any atom is 0.258 e. The number of hydrogen-bond acceptors (Lipinski definition) is 4. The van der Waals surface area contributed by atoms with Crippen LogP contribution in [-0.4, -0.2) is 25.7 Å². The summed E-state index contributed by atoms with van der Waals surface area (Å²) in [6.45, 7) is 7.82. The molecule has 1 atom stereocenters. The van der Waals surface area contributed by atoms with Gasteiger partial charge in [-0.1, -0.05) is 23.8 Å². The summed E-state index contributed by atoms with van der Waals surface area (Å²) in [5.41, 5.74) is 2.08. The third-order valence-electron chi connectivity index (χ3n) is 3.82. The van der Waals surface area contributed by atoms with Crippen LogP contribution in [0.4, 0.5) is 0 Å². The van der Waals surface area contributed by atoms with Crippen LogP contribution in [0, 0.1) is 6.92 Å². The Morgan fingerprint density at radius 2 is 1.73 bits per heavy atom. The van der Waals surface area contributed by atoms with Gasteiger partial charge in [-0.2, -0.15) is 0 Å². The van der Waals surface area contributed by atoms with E-state index in [1.54, 1.807) is 7.11 Å². The largest absolute Gasteiger partial charge is 0.493 e. The van der Waals surface area contributed by atoms with Gasteiger partial charge in [-0.15, -0.1) is 0 Å². The van der Waals surface area contributed by atoms with Crippen molar-refractivity contribution in [2.75, 3.05) is 13.7 Å². The molecule has 0 aromatic heterocycles. The number of rotatable bonds is 8. The number of ether oxygens (including phenoxy) is 3. The van der Waals surface area contributed by atoms with Crippen LogP contribution in [-0.2, 0) is 4.79 Å². The van der Waals surface area contributed by atoms with Gasteiger partial charge < -0.3 is 19.5 Å². The molecular weight excluding hydrogens is 330 g/mol. The minimum Gasteiger partial charge on any atom is -0.493 e. The summed E-state index contributed by atoms with van der Waals surface area (Å²) in [5.74, 6) is 1.83. The quantitative estimate of drug-likeness (QED) is 0.774. The number of aryl methyl sites for hydroxylation is 1. The van der Waals surface area contributed by atoms with Crippen molar-refractivity contribution in [3.63, 3.8) is 0 Å². The van der Waals surface area contributed by atoms with E-state index in [4.69, 9.17) is 14.2 Å². The topological polar surface area (TPSA) is 56.8 Å². The molecule has 2 aromatic rings. The predicted molar refractivity (Wildman–Crippen MR) is 102 cm³/mol. The molecular formula is C21H27NO4. The van der Waals surface area contributed by atoms with Gasteiger partial charge in [0.15, 0.2) is 18.1 Å². The van der Waals surface area contributed by atoms with Crippen molar-refractivity contribution in [1.82, 2.24) is 5.32 Å². The van der Waals surface area contributed by atoms with Gasteiger partial charge in [0.2, 0.25) is 0 Å². The van der Waals surface area contributed by atoms with E-state index >= 15 is 0 Å². The van der Waals surface area contributed by atoms with E-state index in [0.29, 0.717) is 17.2 Å². The van der Waals surface area contributed by atoms with Crippen molar-refractivity contribution in [3.8, 4) is 17.2 Å². The Kier molecular flexibility index (Phi) is 6.89. The zero-order valence-corrected chi connectivity index (χ0v) is 16.0. The summed E-state index contributed by atoms with van der Waals surface area (Å²) in [4.78, 5) is 12.1. The smallest absolute Gasteiger partial charge is 0.258 e. The molecule has 1 unspecified atom stereocenters. The zero-order valence-electron chi connectivity index (χ0n) is 16.0. The zero-order chi connectivity index (χ0) is 19.1. The fourth-order valence-electron chi connectivity index (χ4n) is 2.45. The highest BCUT2D eigenvalue weighted by Crippen LogP contribution is 2.31. The van der Waals surface area contributed by atoms with Gasteiger partial charge in [0.25, 0.3) is 5.91 Å². The van der Waals surface area contributed by atoms with Gasteiger partial charge in [-0.3, -0.25) is 4.79 Å². The Bertz CT molecular complexity index is 725. The highest BCUT2D eigenvalue weighted by Gasteiger charge is 2.14. The molecule has 0 aliphatic rings. The minimum absolute atomic E-state index is 0.0287. The summed E-state index contributed by atoms with van der Waals surface area (Å²) < 4.78 is 16.6. The van der Waals surface area contributed by atoms with Crippen LogP contribution < -0.4 is 19.5 Å². The Labute approximate surface area is 155 Å². The monoisotopic (exact) mass is 357 g/mol. The van der Waals surface area contributed by atoms with Crippen LogP contribution in [0.3, 0.4) is 0 Å². The minimum atomic E-state index is -0.181. The number of benzene rings is 2. The lowest BCUT2D eigenvalue weighted by Crippen LogP contribution is -2.31. The Morgan fingerprint density at radius 3 is 2.35 bits per heavy atom. The van der Waals surface area contributed by atoms with Gasteiger partial charge >= 0.3 is 0 Å². The first-order valence-electron chi connectivity index (χ1n) is 8.72. The number of carbonyl (C=O) groups is 1. The average Bonchev–Trinajstić information content (AvgIpc) is 2.61. The molecule has 0 radical (unpaired) electrons. The van der Waals surface area contributed by atoms with E-state index in [0.717, 1.165) is 11.1 Å². The normalized spacial score (nSPS) is 11.8. The Hall–Kier alpha value is -2.69. The van der Waals surface area contributed by atoms with Crippen molar-refractivity contribution in [2.45, 2.75) is 39.8 Å². The van der Waals surface area contributed by atoms with Crippen LogP contribution >= 0.6 is 0 Å². The van der Waals surface area contributed by atoms with Gasteiger partial charge in [0, 0.05) is 0 Å². The maximum atomic E-state index is 12.1. The lowest BCUT2D eigenvalue weighted by molar-refractivity contribution is -0.123. The molecule has 26 heavy (non-hydrogen) atoms. The van der Waals surface area contributed by atoms with E-state index < -0.39 is 0 Å². The second-order valence-electron chi connectivity index (χ2n) is 6.47. The Morgan fingerprint density at radius 1 is 1.04 bits per heavy atom. The van der Waals surface area contributed by atoms with Crippen LogP contribution in [0.25, 0.3) is 0 Å². The predicted octanol–water partition coefficient (Wildman–Crippen LogP) is 4.05. The molecule has 0 heterocycles. The van der Waals surface area contributed by atoms with Crippen LogP contribution in [0.15, 0.2) is 42.5 Å². The second kappa shape index (κ2) is 9.13. The highest BCUT2D eigenvalue weighted by atomic mass is 16.5. The van der Waals surface area contributed by atoms with Crippen molar-refractivity contribution < 1.29 is 19.0 Å². The van der Waals surface area contributed by atoms with Crippen molar-refractivity contribution >= 4 is 5.91 Å². The molecule has 5 heteroatoms. The molecule has 140 valence electrons. The number of hydrogen-bond donors (Lipinski definition) is 1. The van der Waals surface area contributed by atoms with Crippen molar-refractivity contribution in [2.24, 2.45) is 0 Å². The summed E-state index contributed by atoms with van der Waals surface area (Å²) in [7, 11) is 1.60. The van der Waals surface area contributed by atoms with Gasteiger partial charge in [-0.05, 0) is 57.5 Å². The molecule has 1 amide bonds. The van der Waals surface area contributed by atoms with E-state index in [-0.39, 0.29) is 24.7 Å². The van der Waals surface area contributed by atoms with Crippen LogP contribution in [0.5, 0.6) is 17.2 Å². The fraction of sp³-hybridized carbons (Fsp3) is 0.381. The van der Waals surface area contributed by atoms with Gasteiger partial charge in [0.1, 0.15) is 5.75 Å². The molecule has 0 saturated carbocycles. The molecule has 5 nitrogen and oxygen atoms in total. The molecule has 2 rings (SSSR count). The lowest BCUT2D eigenvalue weighted by atomic mass is 10.1. The Balaban J connectivity index is 1.94. The standard InChI is InChI=1S/C21H27NO4/c1-14(2)26-19-11-8-17(12-20(19)24-5)16(4)22-21(23)13-25-18-9-6-15(3)7-10-18/h6-12,14,16H,13H2,1-5H3,(H,22,23). The third-order valence-corrected chi connectivity index (χ3v) is 3.82. The van der Waals surface area contributed by atoms with Crippen molar-refractivity contribution in [1.29, 1.82) is 0 Å². The fourth-order valence-corrected chi connectivity index (χ4v) is 2.45. The summed E-state index contributed by atoms with van der Waals surface area (Å²) in [6.07, 6.45) is 0.0609. The molecule has 0 bridgehead atoms. The van der Waals surface area contributed by atoms with Crippen molar-refractivity contribution in [3.05, 3.63) is 53.6 Å². The molecule has 0 fully saturated rings. The first kappa shape index (κ1) is 19.6. The summed E-state index contributed by atoms with van der Waals surface area (Å²) >= 11 is 0. The first-order valence-corrected chi connectivity index (χ1v) is 8.72.